The van der Waals surface area contributed by atoms with E-state index in [1.807, 2.05) is 24.3 Å². The number of hydrogen-bond acceptors (Lipinski definition) is 12. The minimum Gasteiger partial charge on any atom is -0.478 e. The number of aliphatic carboxylic acids is 4. The number of hydrogen-bond donors (Lipinski definition) is 5. The molecule has 0 aliphatic carbocycles. The summed E-state index contributed by atoms with van der Waals surface area (Å²) in [6.45, 7) is 6.83. The molecule has 0 radical (unpaired) electrons. The van der Waals surface area contributed by atoms with E-state index in [1.54, 1.807) is 0 Å². The number of likely N-dealkylation sites (tertiary alicyclic amines) is 1. The van der Waals surface area contributed by atoms with Gasteiger partial charge in [0.05, 0.1) is 30.5 Å². The van der Waals surface area contributed by atoms with Crippen LogP contribution in [-0.2, 0) is 54.7 Å². The van der Waals surface area contributed by atoms with E-state index in [-0.39, 0.29) is 6.29 Å². The third kappa shape index (κ3) is 15.7. The van der Waals surface area contributed by atoms with Crippen LogP contribution in [0.1, 0.15) is 47.2 Å². The Balaban J connectivity index is 0.000000410. The molecule has 2 aliphatic rings. The molecule has 3 aromatic rings. The lowest BCUT2D eigenvalue weighted by molar-refractivity contribution is -0.134. The van der Waals surface area contributed by atoms with Gasteiger partial charge in [0.1, 0.15) is 0 Å². The summed E-state index contributed by atoms with van der Waals surface area (Å²) in [6, 6.07) is 14.3. The predicted octanol–water partition coefficient (Wildman–Crippen LogP) is 3.49. The number of carboxylic acid groups (broad SMARTS) is 4. The van der Waals surface area contributed by atoms with Gasteiger partial charge in [-0.2, -0.15) is 5.26 Å². The molecule has 0 amide bonds. The van der Waals surface area contributed by atoms with Crippen LogP contribution in [0, 0.1) is 17.2 Å². The summed E-state index contributed by atoms with van der Waals surface area (Å²) in [5.74, 6) is -4.31. The Labute approximate surface area is 312 Å². The molecule has 1 aromatic heterocycles. The van der Waals surface area contributed by atoms with E-state index in [2.05, 4.69) is 52.6 Å². The zero-order valence-electron chi connectivity index (χ0n) is 30.3. The first-order valence-corrected chi connectivity index (χ1v) is 17.3. The van der Waals surface area contributed by atoms with Gasteiger partial charge >= 0.3 is 23.9 Å². The number of benzene rings is 2. The fourth-order valence-corrected chi connectivity index (χ4v) is 5.83. The van der Waals surface area contributed by atoms with Crippen molar-refractivity contribution in [3.8, 4) is 6.07 Å². The number of nitriles is 1. The summed E-state index contributed by atoms with van der Waals surface area (Å²) in [6.07, 6.45) is 6.70. The molecule has 0 saturated carbocycles. The van der Waals surface area contributed by atoms with Crippen molar-refractivity contribution in [2.24, 2.45) is 5.92 Å². The molecule has 16 nitrogen and oxygen atoms in total. The molecule has 16 heteroatoms. The van der Waals surface area contributed by atoms with Gasteiger partial charge in [0, 0.05) is 61.4 Å². The smallest absolute Gasteiger partial charge is 0.328 e. The Bertz CT molecular complexity index is 1720. The van der Waals surface area contributed by atoms with Crippen LogP contribution in [-0.4, -0.2) is 112 Å². The number of carbonyl (C=O) groups is 4. The highest BCUT2D eigenvalue weighted by molar-refractivity contribution is 5.90. The number of piperidine rings is 1. The molecule has 0 spiro atoms. The molecule has 5 N–H and O–H groups in total. The van der Waals surface area contributed by atoms with Gasteiger partial charge in [0.2, 0.25) is 0 Å². The normalized spacial score (nSPS) is 15.1. The van der Waals surface area contributed by atoms with E-state index in [4.69, 9.17) is 39.7 Å². The maximum Gasteiger partial charge on any atom is 0.328 e. The molecule has 2 saturated heterocycles. The number of aromatic nitrogens is 1. The molecular formula is C38H47N5O11. The van der Waals surface area contributed by atoms with Gasteiger partial charge in [0.25, 0.3) is 0 Å². The highest BCUT2D eigenvalue weighted by Crippen LogP contribution is 2.29. The van der Waals surface area contributed by atoms with Crippen LogP contribution < -0.4 is 5.32 Å². The Kier molecular flexibility index (Phi) is 18.0. The van der Waals surface area contributed by atoms with Crippen LogP contribution in [0.5, 0.6) is 0 Å². The number of carboxylic acids is 4. The van der Waals surface area contributed by atoms with E-state index in [1.165, 1.54) is 24.0 Å². The first kappa shape index (κ1) is 43.0. The summed E-state index contributed by atoms with van der Waals surface area (Å²) >= 11 is 0. The molecule has 3 heterocycles. The summed E-state index contributed by atoms with van der Waals surface area (Å²) in [5, 5.41) is 49.5. The number of ether oxygens (including phenoxy) is 2. The van der Waals surface area contributed by atoms with Crippen molar-refractivity contribution in [1.82, 2.24) is 20.3 Å². The van der Waals surface area contributed by atoms with Crippen molar-refractivity contribution in [3.63, 3.8) is 0 Å². The Morgan fingerprint density at radius 3 is 1.98 bits per heavy atom. The van der Waals surface area contributed by atoms with E-state index >= 15 is 0 Å². The van der Waals surface area contributed by atoms with Gasteiger partial charge in [-0.05, 0) is 88.1 Å². The molecule has 2 aromatic carbocycles. The van der Waals surface area contributed by atoms with Crippen molar-refractivity contribution < 1.29 is 53.6 Å². The Hall–Kier alpha value is -5.44. The lowest BCUT2D eigenvalue weighted by Gasteiger charge is -2.32. The monoisotopic (exact) mass is 749 g/mol. The highest BCUT2D eigenvalue weighted by Gasteiger charge is 2.25. The van der Waals surface area contributed by atoms with Crippen LogP contribution in [0.3, 0.4) is 0 Å². The summed E-state index contributed by atoms with van der Waals surface area (Å²) in [7, 11) is 4.17. The topological polar surface area (TPSA) is 236 Å². The number of rotatable bonds is 15. The third-order valence-electron chi connectivity index (χ3n) is 8.45. The van der Waals surface area contributed by atoms with Crippen molar-refractivity contribution >= 4 is 34.8 Å². The molecular weight excluding hydrogens is 702 g/mol. The standard InChI is InChI=1S/C30H39N5O3.2C4H4O4/c1-34(2)20-27-25(19-32-18-24-5-3-23(17-31)4-6-24)8-9-26-28(33-38-30(26)27)10-7-22-11-13-35(14-12-22)21-29-36-15-16-37-29;2*5-3(6)1-2-4(7)8/h3-6,8-9,22,29,32H,7,10-16,18-21H2,1-2H3;2*1-2H,(H,5,6)(H,7,8)/b;2*2-1+. The molecule has 0 bridgehead atoms. The third-order valence-corrected chi connectivity index (χ3v) is 8.45. The van der Waals surface area contributed by atoms with Gasteiger partial charge < -0.3 is 44.6 Å². The minimum absolute atomic E-state index is 0.0412. The number of aryl methyl sites for hydroxylation is 1. The molecule has 5 rings (SSSR count). The number of nitrogens with zero attached hydrogens (tertiary/aromatic N) is 4. The van der Waals surface area contributed by atoms with Gasteiger partial charge in [-0.15, -0.1) is 0 Å². The summed E-state index contributed by atoms with van der Waals surface area (Å²) in [4.78, 5) is 42.9. The second-order valence-electron chi connectivity index (χ2n) is 12.8. The van der Waals surface area contributed by atoms with Crippen LogP contribution in [0.2, 0.25) is 0 Å². The van der Waals surface area contributed by atoms with Crippen LogP contribution >= 0.6 is 0 Å². The number of nitrogens with one attached hydrogen (secondary N) is 1. The highest BCUT2D eigenvalue weighted by atomic mass is 16.7. The van der Waals surface area contributed by atoms with E-state index in [0.717, 1.165) is 93.5 Å². The van der Waals surface area contributed by atoms with Crippen LogP contribution in [0.15, 0.2) is 65.2 Å². The second kappa shape index (κ2) is 22.6. The molecule has 0 atom stereocenters. The van der Waals surface area contributed by atoms with Gasteiger partial charge in [0.15, 0.2) is 11.9 Å². The maximum absolute atomic E-state index is 9.55. The first-order chi connectivity index (χ1) is 25.8. The van der Waals surface area contributed by atoms with Crippen molar-refractivity contribution in [2.45, 2.75) is 51.6 Å². The summed E-state index contributed by atoms with van der Waals surface area (Å²) in [5.41, 5.74) is 6.26. The largest absolute Gasteiger partial charge is 0.478 e. The SMILES string of the molecule is CN(C)Cc1c(CNCc2ccc(C#N)cc2)ccc2c(CCC3CCN(CC4OCCO4)CC3)noc12.O=C(O)/C=C/C(=O)O.O=C(O)/C=C/C(=O)O. The number of fused-ring (bicyclic) bond motifs is 1. The van der Waals surface area contributed by atoms with Gasteiger partial charge in [-0.25, -0.2) is 19.2 Å². The zero-order valence-corrected chi connectivity index (χ0v) is 30.3. The molecule has 2 aliphatic heterocycles. The average molecular weight is 750 g/mol. The quantitative estimate of drug-likeness (QED) is 0.140. The maximum atomic E-state index is 9.55. The molecule has 54 heavy (non-hydrogen) atoms. The first-order valence-electron chi connectivity index (χ1n) is 17.3. The van der Waals surface area contributed by atoms with E-state index in [0.29, 0.717) is 29.9 Å². The Morgan fingerprint density at radius 2 is 1.46 bits per heavy atom. The lowest BCUT2D eigenvalue weighted by atomic mass is 9.91. The second-order valence-corrected chi connectivity index (χ2v) is 12.8. The molecule has 0 unspecified atom stereocenters. The average Bonchev–Trinajstić information content (AvgIpc) is 3.81. The Morgan fingerprint density at radius 1 is 0.889 bits per heavy atom. The van der Waals surface area contributed by atoms with E-state index < -0.39 is 23.9 Å². The van der Waals surface area contributed by atoms with Crippen LogP contribution in [0.4, 0.5) is 0 Å². The molecule has 2 fully saturated rings. The van der Waals surface area contributed by atoms with Crippen molar-refractivity contribution in [3.05, 3.63) is 88.7 Å². The molecule has 290 valence electrons. The summed E-state index contributed by atoms with van der Waals surface area (Å²) < 4.78 is 17.2. The van der Waals surface area contributed by atoms with E-state index in [9.17, 15) is 19.2 Å². The minimum atomic E-state index is -1.26. The zero-order chi connectivity index (χ0) is 39.5. The predicted molar refractivity (Wildman–Crippen MR) is 195 cm³/mol. The fourth-order valence-electron chi connectivity index (χ4n) is 5.83. The van der Waals surface area contributed by atoms with Crippen LogP contribution in [0.25, 0.3) is 11.0 Å². The van der Waals surface area contributed by atoms with Crippen molar-refractivity contribution in [2.75, 3.05) is 46.9 Å². The van der Waals surface area contributed by atoms with Crippen molar-refractivity contribution in [1.29, 1.82) is 5.26 Å². The van der Waals surface area contributed by atoms with Gasteiger partial charge in [-0.3, -0.25) is 4.90 Å². The van der Waals surface area contributed by atoms with Gasteiger partial charge in [-0.1, -0.05) is 23.4 Å². The fraction of sp³-hybridized carbons (Fsp3) is 0.421. The lowest BCUT2D eigenvalue weighted by Crippen LogP contribution is -2.39.